The molecule has 1 unspecified atom stereocenters. The molecule has 2 rings (SSSR count). The average molecular weight is 270 g/mol. The van der Waals surface area contributed by atoms with Gasteiger partial charge in [-0.15, -0.1) is 0 Å². The third-order valence-corrected chi connectivity index (χ3v) is 2.94. The number of morpholine rings is 1. The minimum atomic E-state index is -0.00736. The van der Waals surface area contributed by atoms with Crippen molar-refractivity contribution >= 4 is 22.2 Å². The molecule has 80 valence electrons. The lowest BCUT2D eigenvalue weighted by Crippen LogP contribution is -2.33. The molecule has 0 spiro atoms. The van der Waals surface area contributed by atoms with E-state index in [4.69, 9.17) is 4.74 Å². The Morgan fingerprint density at radius 3 is 3.07 bits per heavy atom. The number of carbonyl (C=O) groups is 1. The van der Waals surface area contributed by atoms with Gasteiger partial charge in [0.25, 0.3) is 0 Å². The number of ether oxygens (including phenoxy) is 1. The maximum atomic E-state index is 10.9. The van der Waals surface area contributed by atoms with Gasteiger partial charge in [0.15, 0.2) is 0 Å². The summed E-state index contributed by atoms with van der Waals surface area (Å²) in [6.45, 7) is 2.34. The number of aldehydes is 1. The zero-order valence-corrected chi connectivity index (χ0v) is 9.79. The summed E-state index contributed by atoms with van der Waals surface area (Å²) in [5.74, 6) is 0. The van der Waals surface area contributed by atoms with Crippen LogP contribution in [0.15, 0.2) is 22.7 Å². The van der Waals surface area contributed by atoms with E-state index in [0.717, 1.165) is 29.4 Å². The molecule has 15 heavy (non-hydrogen) atoms. The first-order valence-corrected chi connectivity index (χ1v) is 5.67. The molecule has 1 fully saturated rings. The average Bonchev–Trinajstić information content (AvgIpc) is 2.30. The van der Waals surface area contributed by atoms with Gasteiger partial charge in [-0.2, -0.15) is 0 Å². The number of hydrogen-bond donors (Lipinski definition) is 1. The van der Waals surface area contributed by atoms with Gasteiger partial charge in [0, 0.05) is 23.1 Å². The first kappa shape index (κ1) is 10.8. The van der Waals surface area contributed by atoms with E-state index in [9.17, 15) is 4.79 Å². The molecule has 4 heteroatoms. The van der Waals surface area contributed by atoms with Gasteiger partial charge in [0.05, 0.1) is 12.7 Å². The summed E-state index contributed by atoms with van der Waals surface area (Å²) in [6, 6.07) is 5.69. The topological polar surface area (TPSA) is 38.3 Å². The Hall–Kier alpha value is -0.710. The van der Waals surface area contributed by atoms with Crippen molar-refractivity contribution in [3.8, 4) is 0 Å². The predicted molar refractivity (Wildman–Crippen MR) is 61.1 cm³/mol. The number of benzene rings is 1. The first-order valence-electron chi connectivity index (χ1n) is 4.88. The first-order chi connectivity index (χ1) is 7.31. The minimum absolute atomic E-state index is 0.00736. The van der Waals surface area contributed by atoms with Crippen molar-refractivity contribution in [3.05, 3.63) is 33.8 Å². The fourth-order valence-electron chi connectivity index (χ4n) is 1.71. The van der Waals surface area contributed by atoms with E-state index in [2.05, 4.69) is 21.2 Å². The monoisotopic (exact) mass is 269 g/mol. The van der Waals surface area contributed by atoms with Gasteiger partial charge >= 0.3 is 0 Å². The van der Waals surface area contributed by atoms with Gasteiger partial charge in [-0.25, -0.2) is 0 Å². The van der Waals surface area contributed by atoms with Gasteiger partial charge in [-0.05, 0) is 17.7 Å². The SMILES string of the molecule is O=Cc1cc(Br)ccc1C1CNCCO1. The van der Waals surface area contributed by atoms with Crippen LogP contribution in [0, 0.1) is 0 Å². The molecule has 1 aliphatic heterocycles. The van der Waals surface area contributed by atoms with E-state index < -0.39 is 0 Å². The lowest BCUT2D eigenvalue weighted by atomic mass is 10.0. The molecule has 0 aliphatic carbocycles. The Labute approximate surface area is 96.9 Å². The van der Waals surface area contributed by atoms with E-state index in [0.29, 0.717) is 12.2 Å². The van der Waals surface area contributed by atoms with E-state index in [1.54, 1.807) is 0 Å². The lowest BCUT2D eigenvalue weighted by Gasteiger charge is -2.24. The smallest absolute Gasteiger partial charge is 0.150 e. The maximum absolute atomic E-state index is 10.9. The summed E-state index contributed by atoms with van der Waals surface area (Å²) >= 11 is 3.35. The van der Waals surface area contributed by atoms with Crippen LogP contribution in [0.5, 0.6) is 0 Å². The Balaban J connectivity index is 2.29. The number of nitrogens with one attached hydrogen (secondary N) is 1. The Kier molecular flexibility index (Phi) is 3.51. The van der Waals surface area contributed by atoms with Crippen LogP contribution in [0.4, 0.5) is 0 Å². The van der Waals surface area contributed by atoms with Crippen molar-refractivity contribution < 1.29 is 9.53 Å². The van der Waals surface area contributed by atoms with Crippen molar-refractivity contribution in [2.45, 2.75) is 6.10 Å². The van der Waals surface area contributed by atoms with Crippen LogP contribution in [-0.4, -0.2) is 26.0 Å². The number of rotatable bonds is 2. The molecule has 1 aromatic carbocycles. The van der Waals surface area contributed by atoms with E-state index >= 15 is 0 Å². The van der Waals surface area contributed by atoms with Crippen LogP contribution < -0.4 is 5.32 Å². The molecule has 0 aromatic heterocycles. The highest BCUT2D eigenvalue weighted by atomic mass is 79.9. The molecule has 1 saturated heterocycles. The summed E-state index contributed by atoms with van der Waals surface area (Å²) < 4.78 is 6.52. The summed E-state index contributed by atoms with van der Waals surface area (Å²) in [5, 5.41) is 3.25. The van der Waals surface area contributed by atoms with Crippen LogP contribution in [0.3, 0.4) is 0 Å². The lowest BCUT2D eigenvalue weighted by molar-refractivity contribution is 0.0273. The molecule has 0 radical (unpaired) electrons. The molecule has 1 heterocycles. The Bertz CT molecular complexity index is 362. The van der Waals surface area contributed by atoms with Crippen molar-refractivity contribution in [1.82, 2.24) is 5.32 Å². The zero-order valence-electron chi connectivity index (χ0n) is 8.20. The molecule has 1 N–H and O–H groups in total. The van der Waals surface area contributed by atoms with Gasteiger partial charge in [-0.3, -0.25) is 4.79 Å². The summed E-state index contributed by atoms with van der Waals surface area (Å²) in [6.07, 6.45) is 0.866. The highest BCUT2D eigenvalue weighted by Gasteiger charge is 2.18. The molecular formula is C11H12BrNO2. The molecule has 0 amide bonds. The number of hydrogen-bond acceptors (Lipinski definition) is 3. The highest BCUT2D eigenvalue weighted by molar-refractivity contribution is 9.10. The van der Waals surface area contributed by atoms with Crippen molar-refractivity contribution in [1.29, 1.82) is 0 Å². The normalized spacial score (nSPS) is 21.3. The second-order valence-electron chi connectivity index (χ2n) is 3.45. The van der Waals surface area contributed by atoms with Gasteiger partial charge in [0.1, 0.15) is 6.29 Å². The summed E-state index contributed by atoms with van der Waals surface area (Å²) in [5.41, 5.74) is 1.65. The van der Waals surface area contributed by atoms with E-state index in [-0.39, 0.29) is 6.10 Å². The summed E-state index contributed by atoms with van der Waals surface area (Å²) in [7, 11) is 0. The third kappa shape index (κ3) is 2.45. The molecule has 3 nitrogen and oxygen atoms in total. The molecular weight excluding hydrogens is 258 g/mol. The standard InChI is InChI=1S/C11H12BrNO2/c12-9-1-2-10(8(5-9)7-14)11-6-13-3-4-15-11/h1-2,5,7,11,13H,3-4,6H2. The fraction of sp³-hybridized carbons (Fsp3) is 0.364. The van der Waals surface area contributed by atoms with E-state index in [1.807, 2.05) is 18.2 Å². The van der Waals surface area contributed by atoms with Crippen LogP contribution in [0.1, 0.15) is 22.0 Å². The highest BCUT2D eigenvalue weighted by Crippen LogP contribution is 2.24. The molecule has 0 bridgehead atoms. The van der Waals surface area contributed by atoms with Crippen LogP contribution >= 0.6 is 15.9 Å². The fourth-order valence-corrected chi connectivity index (χ4v) is 2.08. The van der Waals surface area contributed by atoms with Crippen molar-refractivity contribution in [2.75, 3.05) is 19.7 Å². The Morgan fingerprint density at radius 2 is 2.40 bits per heavy atom. The molecule has 1 aromatic rings. The van der Waals surface area contributed by atoms with Crippen LogP contribution in [-0.2, 0) is 4.74 Å². The van der Waals surface area contributed by atoms with Crippen LogP contribution in [0.2, 0.25) is 0 Å². The predicted octanol–water partition coefficient (Wildman–Crippen LogP) is 1.92. The Morgan fingerprint density at radius 1 is 1.53 bits per heavy atom. The van der Waals surface area contributed by atoms with E-state index in [1.165, 1.54) is 0 Å². The zero-order chi connectivity index (χ0) is 10.7. The van der Waals surface area contributed by atoms with Gasteiger partial charge in [0.2, 0.25) is 0 Å². The number of carbonyl (C=O) groups excluding carboxylic acids is 1. The molecule has 0 saturated carbocycles. The largest absolute Gasteiger partial charge is 0.371 e. The second-order valence-corrected chi connectivity index (χ2v) is 4.37. The molecule has 1 aliphatic rings. The maximum Gasteiger partial charge on any atom is 0.150 e. The third-order valence-electron chi connectivity index (χ3n) is 2.45. The molecule has 1 atom stereocenters. The van der Waals surface area contributed by atoms with Crippen molar-refractivity contribution in [2.24, 2.45) is 0 Å². The van der Waals surface area contributed by atoms with Crippen LogP contribution in [0.25, 0.3) is 0 Å². The second kappa shape index (κ2) is 4.88. The quantitative estimate of drug-likeness (QED) is 0.834. The minimum Gasteiger partial charge on any atom is -0.371 e. The van der Waals surface area contributed by atoms with Gasteiger partial charge in [-0.1, -0.05) is 22.0 Å². The van der Waals surface area contributed by atoms with Gasteiger partial charge < -0.3 is 10.1 Å². The summed E-state index contributed by atoms with van der Waals surface area (Å²) in [4.78, 5) is 10.9. The van der Waals surface area contributed by atoms with Crippen molar-refractivity contribution in [3.63, 3.8) is 0 Å². The number of halogens is 1.